The number of ketones is 2. The smallest absolute Gasteiger partial charge is 0.395 e. The first-order valence-corrected chi connectivity index (χ1v) is 12.4. The van der Waals surface area contributed by atoms with E-state index in [2.05, 4.69) is 0 Å². The summed E-state index contributed by atoms with van der Waals surface area (Å²) in [5.74, 6) is -10.3. The van der Waals surface area contributed by atoms with E-state index >= 15 is 0 Å². The number of aliphatic hydroxyl groups excluding tert-OH is 2. The van der Waals surface area contributed by atoms with Crippen molar-refractivity contribution in [2.24, 2.45) is 17.6 Å². The number of hydrogen-bond acceptors (Lipinski definition) is 9. The largest absolute Gasteiger partial charge is 0.508 e. The number of halogens is 3. The summed E-state index contributed by atoms with van der Waals surface area (Å²) >= 11 is 0. The Morgan fingerprint density at radius 3 is 2.41 bits per heavy atom. The van der Waals surface area contributed by atoms with Gasteiger partial charge in [-0.1, -0.05) is 6.07 Å². The van der Waals surface area contributed by atoms with Crippen molar-refractivity contribution in [3.8, 4) is 5.75 Å². The van der Waals surface area contributed by atoms with Gasteiger partial charge in [0.1, 0.15) is 22.8 Å². The fraction of sp³-hybridized carbons (Fsp3) is 0.500. The van der Waals surface area contributed by atoms with Gasteiger partial charge in [0.05, 0.1) is 30.7 Å². The lowest BCUT2D eigenvalue weighted by atomic mass is 9.57. The Morgan fingerprint density at radius 2 is 1.82 bits per heavy atom. The second-order valence-corrected chi connectivity index (χ2v) is 10.4. The quantitative estimate of drug-likeness (QED) is 0.348. The number of aromatic hydroxyl groups is 1. The maximum atomic E-state index is 13.9. The van der Waals surface area contributed by atoms with Gasteiger partial charge in [-0.3, -0.25) is 19.3 Å². The molecule has 1 unspecified atom stereocenters. The van der Waals surface area contributed by atoms with Crippen LogP contribution in [0.4, 0.5) is 13.2 Å². The monoisotopic (exact) mass is 552 g/mol. The highest BCUT2D eigenvalue weighted by Crippen LogP contribution is 2.54. The van der Waals surface area contributed by atoms with Crippen molar-refractivity contribution >= 4 is 23.2 Å². The third kappa shape index (κ3) is 3.85. The zero-order valence-electron chi connectivity index (χ0n) is 20.8. The van der Waals surface area contributed by atoms with Gasteiger partial charge >= 0.3 is 6.18 Å². The highest BCUT2D eigenvalue weighted by molar-refractivity contribution is 6.24. The van der Waals surface area contributed by atoms with Crippen molar-refractivity contribution < 1.29 is 52.7 Å². The fourth-order valence-electron chi connectivity index (χ4n) is 6.53. The van der Waals surface area contributed by atoms with Crippen molar-refractivity contribution in [1.82, 2.24) is 4.90 Å². The van der Waals surface area contributed by atoms with E-state index in [0.717, 1.165) is 19.1 Å². The van der Waals surface area contributed by atoms with Crippen LogP contribution in [0.2, 0.25) is 0 Å². The first-order valence-electron chi connectivity index (χ1n) is 12.4. The molecule has 0 aromatic heterocycles. The number of morpholine rings is 1. The van der Waals surface area contributed by atoms with Gasteiger partial charge in [-0.15, -0.1) is 0 Å². The number of rotatable bonds is 3. The summed E-state index contributed by atoms with van der Waals surface area (Å²) in [6, 6.07) is 0.818. The average Bonchev–Trinajstić information content (AvgIpc) is 2.86. The van der Waals surface area contributed by atoms with Gasteiger partial charge in [0, 0.05) is 24.6 Å². The van der Waals surface area contributed by atoms with E-state index in [9.17, 15) is 48.0 Å². The summed E-state index contributed by atoms with van der Waals surface area (Å²) in [6.45, 7) is 1.77. The van der Waals surface area contributed by atoms with E-state index in [1.807, 2.05) is 0 Å². The van der Waals surface area contributed by atoms with Crippen LogP contribution in [0.5, 0.6) is 5.75 Å². The molecular weight excluding hydrogens is 525 g/mol. The van der Waals surface area contributed by atoms with E-state index in [1.165, 1.54) is 0 Å². The summed E-state index contributed by atoms with van der Waals surface area (Å²) in [5.41, 5.74) is 0.601. The Balaban J connectivity index is 1.71. The second kappa shape index (κ2) is 9.07. The van der Waals surface area contributed by atoms with Crippen molar-refractivity contribution in [2.75, 3.05) is 26.3 Å². The highest BCUT2D eigenvalue weighted by Gasteiger charge is 2.64. The lowest BCUT2D eigenvalue weighted by molar-refractivity contribution is -0.157. The predicted molar refractivity (Wildman–Crippen MR) is 127 cm³/mol. The molecule has 0 spiro atoms. The zero-order valence-corrected chi connectivity index (χ0v) is 20.8. The molecule has 1 amide bonds. The van der Waals surface area contributed by atoms with Crippen LogP contribution in [0, 0.1) is 11.8 Å². The molecule has 1 heterocycles. The molecule has 1 aromatic carbocycles. The molecule has 3 aliphatic carbocycles. The normalized spacial score (nSPS) is 30.5. The standard InChI is InChI=1S/C26H27F3N2O8/c1-10(26(27,28)29)12-2-3-15(32)17-13(12)8-11-9-14-19(31-4-6-39-7-5-31)21(34)18(24(30)37)23(36)25(14,38)22(35)16(11)20(17)33/h2-3,10-11,14,19,32-33,36,38H,4-9H2,1H3,(H2,30,37)/t10?,11-,14-,19+,25-/m0/s1. The minimum atomic E-state index is -4.63. The maximum absolute atomic E-state index is 13.9. The number of phenolic OH excluding ortho intramolecular Hbond substituents is 1. The summed E-state index contributed by atoms with van der Waals surface area (Å²) in [4.78, 5) is 41.2. The van der Waals surface area contributed by atoms with Gasteiger partial charge < -0.3 is 30.9 Å². The average molecular weight is 553 g/mol. The summed E-state index contributed by atoms with van der Waals surface area (Å²) in [6.07, 6.45) is -5.05. The van der Waals surface area contributed by atoms with Crippen LogP contribution < -0.4 is 5.73 Å². The van der Waals surface area contributed by atoms with Crippen LogP contribution in [-0.2, 0) is 25.5 Å². The van der Waals surface area contributed by atoms with Crippen LogP contribution >= 0.6 is 0 Å². The van der Waals surface area contributed by atoms with Crippen LogP contribution in [0.3, 0.4) is 0 Å². The lowest BCUT2D eigenvalue weighted by Crippen LogP contribution is -2.67. The number of alkyl halides is 3. The molecule has 1 aliphatic heterocycles. The van der Waals surface area contributed by atoms with E-state index < -0.39 is 81.5 Å². The Kier molecular flexibility index (Phi) is 6.31. The van der Waals surface area contributed by atoms with Crippen molar-refractivity contribution in [2.45, 2.75) is 43.5 Å². The number of ether oxygens (including phenoxy) is 1. The number of aliphatic hydroxyl groups is 3. The number of Topliss-reactive ketones (excluding diaryl/α,β-unsaturated/α-hetero) is 2. The first kappa shape index (κ1) is 27.2. The molecule has 0 radical (unpaired) electrons. The molecule has 6 N–H and O–H groups in total. The number of nitrogens with zero attached hydrogens (tertiary/aromatic N) is 1. The topological polar surface area (TPSA) is 171 Å². The van der Waals surface area contributed by atoms with Gasteiger partial charge in [0.25, 0.3) is 5.91 Å². The lowest BCUT2D eigenvalue weighted by Gasteiger charge is -2.51. The minimum Gasteiger partial charge on any atom is -0.508 e. The molecule has 1 aromatic rings. The Hall–Kier alpha value is -3.42. The number of carbonyl (C=O) groups excluding carboxylic acids is 3. The molecule has 1 saturated heterocycles. The van der Waals surface area contributed by atoms with Gasteiger partial charge in [0.15, 0.2) is 11.4 Å². The molecule has 5 rings (SSSR count). The zero-order chi connectivity index (χ0) is 28.6. The molecular formula is C26H27F3N2O8. The molecule has 10 nitrogen and oxygen atoms in total. The maximum Gasteiger partial charge on any atom is 0.395 e. The van der Waals surface area contributed by atoms with E-state index in [0.29, 0.717) is 0 Å². The van der Waals surface area contributed by atoms with Crippen molar-refractivity contribution in [3.63, 3.8) is 0 Å². The number of benzene rings is 1. The van der Waals surface area contributed by atoms with Gasteiger partial charge in [-0.05, 0) is 42.9 Å². The number of phenols is 1. The van der Waals surface area contributed by atoms with Crippen molar-refractivity contribution in [3.05, 3.63) is 45.7 Å². The first-order chi connectivity index (χ1) is 18.2. The minimum absolute atomic E-state index is 0.00744. The summed E-state index contributed by atoms with van der Waals surface area (Å²) in [7, 11) is 0. The molecule has 5 atom stereocenters. The third-order valence-corrected chi connectivity index (χ3v) is 8.48. The van der Waals surface area contributed by atoms with Crippen LogP contribution in [0.15, 0.2) is 29.0 Å². The van der Waals surface area contributed by atoms with Gasteiger partial charge in [-0.2, -0.15) is 13.2 Å². The number of primary amides is 1. The predicted octanol–water partition coefficient (Wildman–Crippen LogP) is 1.40. The Bertz CT molecular complexity index is 1350. The van der Waals surface area contributed by atoms with Crippen LogP contribution in [0.25, 0.3) is 5.76 Å². The number of fused-ring (bicyclic) bond motifs is 3. The number of nitrogens with two attached hydrogens (primary N) is 1. The molecule has 1 saturated carbocycles. The van der Waals surface area contributed by atoms with E-state index in [1.54, 1.807) is 4.90 Å². The number of hydrogen-bond donors (Lipinski definition) is 5. The molecule has 13 heteroatoms. The van der Waals surface area contributed by atoms with Crippen molar-refractivity contribution in [1.29, 1.82) is 0 Å². The SMILES string of the molecule is CC(c1ccc(O)c2c1C[C@H]1C[C@H]3[C@@H](N4CCOCC4)C(=O)C(C(N)=O)=C(O)[C@@]3(O)C(=O)C1=C2O)C(F)(F)F. The van der Waals surface area contributed by atoms with Crippen LogP contribution in [-0.4, -0.2) is 86.9 Å². The molecule has 210 valence electrons. The molecule has 2 fully saturated rings. The fourth-order valence-corrected chi connectivity index (χ4v) is 6.53. The highest BCUT2D eigenvalue weighted by atomic mass is 19.4. The Morgan fingerprint density at radius 1 is 1.18 bits per heavy atom. The number of amides is 1. The molecule has 4 aliphatic rings. The van der Waals surface area contributed by atoms with E-state index in [-0.39, 0.29) is 55.8 Å². The van der Waals surface area contributed by atoms with Gasteiger partial charge in [0.2, 0.25) is 5.78 Å². The molecule has 0 bridgehead atoms. The summed E-state index contributed by atoms with van der Waals surface area (Å²) < 4.78 is 46.3. The summed E-state index contributed by atoms with van der Waals surface area (Å²) in [5, 5.41) is 44.4. The third-order valence-electron chi connectivity index (χ3n) is 8.48. The second-order valence-electron chi connectivity index (χ2n) is 10.4. The van der Waals surface area contributed by atoms with E-state index in [4.69, 9.17) is 10.5 Å². The molecule has 39 heavy (non-hydrogen) atoms. The number of carbonyl (C=O) groups is 3. The van der Waals surface area contributed by atoms with Gasteiger partial charge in [-0.25, -0.2) is 0 Å². The Labute approximate surface area is 220 Å². The van der Waals surface area contributed by atoms with Crippen LogP contribution in [0.1, 0.15) is 36.0 Å².